The van der Waals surface area contributed by atoms with Gasteiger partial charge in [-0.25, -0.2) is 0 Å². The van der Waals surface area contributed by atoms with Crippen LogP contribution in [0, 0.1) is 0 Å². The van der Waals surface area contributed by atoms with E-state index in [0.717, 1.165) is 0 Å². The maximum absolute atomic E-state index is 12.6. The molecule has 6 nitrogen and oxygen atoms in total. The van der Waals surface area contributed by atoms with Gasteiger partial charge in [-0.2, -0.15) is 0 Å². The summed E-state index contributed by atoms with van der Waals surface area (Å²) in [6.45, 7) is 0. The van der Waals surface area contributed by atoms with Gasteiger partial charge in [-0.05, 0) is 72.8 Å². The van der Waals surface area contributed by atoms with Gasteiger partial charge in [0.15, 0.2) is 0 Å². The second-order valence-corrected chi connectivity index (χ2v) is 8.29. The highest BCUT2D eigenvalue weighted by atomic mass is 35.5. The molecule has 0 heterocycles. The van der Waals surface area contributed by atoms with Crippen LogP contribution in [0.5, 0.6) is 0 Å². The summed E-state index contributed by atoms with van der Waals surface area (Å²) in [4.78, 5) is 37.4. The molecule has 0 spiro atoms. The van der Waals surface area contributed by atoms with Gasteiger partial charge in [0.25, 0.3) is 17.7 Å². The molecule has 0 aromatic heterocycles. The van der Waals surface area contributed by atoms with Crippen molar-refractivity contribution in [3.05, 3.63) is 124 Å². The summed E-state index contributed by atoms with van der Waals surface area (Å²) in [5.74, 6) is -0.981. The van der Waals surface area contributed by atoms with E-state index < -0.39 is 0 Å². The Morgan fingerprint density at radius 2 is 0.800 bits per heavy atom. The number of nitrogens with one attached hydrogen (secondary N) is 3. The number of hydrogen-bond acceptors (Lipinski definition) is 3. The third-order valence-electron chi connectivity index (χ3n) is 5.04. The van der Waals surface area contributed by atoms with Crippen molar-refractivity contribution in [1.29, 1.82) is 0 Å². The summed E-state index contributed by atoms with van der Waals surface area (Å²) in [6.07, 6.45) is 0. The Balaban J connectivity index is 1.34. The first kappa shape index (κ1) is 24.0. The van der Waals surface area contributed by atoms with Gasteiger partial charge in [0.05, 0.1) is 21.2 Å². The van der Waals surface area contributed by atoms with Crippen molar-refractivity contribution in [1.82, 2.24) is 0 Å². The molecule has 4 aromatic rings. The third-order valence-corrected chi connectivity index (χ3v) is 5.70. The minimum absolute atomic E-state index is 0.318. The van der Waals surface area contributed by atoms with Gasteiger partial charge in [0.2, 0.25) is 0 Å². The summed E-state index contributed by atoms with van der Waals surface area (Å²) in [5, 5.41) is 9.04. The second-order valence-electron chi connectivity index (χ2n) is 7.48. The van der Waals surface area contributed by atoms with Crippen LogP contribution in [0.2, 0.25) is 10.0 Å². The van der Waals surface area contributed by atoms with Crippen molar-refractivity contribution in [3.63, 3.8) is 0 Å². The number of hydrogen-bond donors (Lipinski definition) is 3. The summed E-state index contributed by atoms with van der Waals surface area (Å²) in [7, 11) is 0. The lowest BCUT2D eigenvalue weighted by atomic mass is 10.1. The molecule has 174 valence electrons. The minimum Gasteiger partial charge on any atom is -0.322 e. The summed E-state index contributed by atoms with van der Waals surface area (Å²) in [5.41, 5.74) is 2.80. The smallest absolute Gasteiger partial charge is 0.257 e. The van der Waals surface area contributed by atoms with Gasteiger partial charge >= 0.3 is 0 Å². The molecule has 3 amide bonds. The third kappa shape index (κ3) is 6.06. The first-order valence-corrected chi connectivity index (χ1v) is 11.3. The van der Waals surface area contributed by atoms with E-state index in [-0.39, 0.29) is 17.7 Å². The number of carbonyl (C=O) groups excluding carboxylic acids is 3. The molecule has 0 aliphatic carbocycles. The zero-order valence-electron chi connectivity index (χ0n) is 18.2. The van der Waals surface area contributed by atoms with Crippen molar-refractivity contribution in [2.75, 3.05) is 16.0 Å². The highest BCUT2D eigenvalue weighted by Crippen LogP contribution is 2.20. The summed E-state index contributed by atoms with van der Waals surface area (Å²) >= 11 is 12.1. The van der Waals surface area contributed by atoms with Gasteiger partial charge in [0, 0.05) is 22.6 Å². The fourth-order valence-electron chi connectivity index (χ4n) is 3.23. The Hall–Kier alpha value is -4.13. The SMILES string of the molecule is O=C(Nc1ccc(NC(=O)c2ccccc2Cl)cc1)c1ccc(NC(=O)c2ccccc2Cl)cc1. The van der Waals surface area contributed by atoms with Gasteiger partial charge in [-0.15, -0.1) is 0 Å². The Morgan fingerprint density at radius 1 is 0.457 bits per heavy atom. The van der Waals surface area contributed by atoms with Crippen LogP contribution in [-0.2, 0) is 0 Å². The predicted octanol–water partition coefficient (Wildman–Crippen LogP) is 6.75. The zero-order valence-corrected chi connectivity index (χ0v) is 19.7. The fourth-order valence-corrected chi connectivity index (χ4v) is 3.68. The van der Waals surface area contributed by atoms with Crippen LogP contribution in [0.3, 0.4) is 0 Å². The monoisotopic (exact) mass is 503 g/mol. The molecule has 0 atom stereocenters. The zero-order chi connectivity index (χ0) is 24.8. The van der Waals surface area contributed by atoms with E-state index in [2.05, 4.69) is 16.0 Å². The lowest BCUT2D eigenvalue weighted by molar-refractivity contribution is 0.101. The first-order valence-electron chi connectivity index (χ1n) is 10.5. The first-order chi connectivity index (χ1) is 16.9. The van der Waals surface area contributed by atoms with Gasteiger partial charge in [-0.1, -0.05) is 47.5 Å². The molecule has 0 saturated carbocycles. The van der Waals surface area contributed by atoms with Crippen LogP contribution >= 0.6 is 23.2 Å². The van der Waals surface area contributed by atoms with E-state index in [0.29, 0.717) is 43.8 Å². The van der Waals surface area contributed by atoms with Crippen LogP contribution in [0.4, 0.5) is 17.1 Å². The normalized spacial score (nSPS) is 10.3. The van der Waals surface area contributed by atoms with Crippen molar-refractivity contribution < 1.29 is 14.4 Å². The number of anilines is 3. The molecule has 0 aliphatic heterocycles. The molecule has 8 heteroatoms. The average Bonchev–Trinajstić information content (AvgIpc) is 2.86. The Kier molecular flexibility index (Phi) is 7.45. The summed E-state index contributed by atoms with van der Waals surface area (Å²) < 4.78 is 0. The maximum atomic E-state index is 12.6. The van der Waals surface area contributed by atoms with Crippen LogP contribution in [0.25, 0.3) is 0 Å². The molecule has 0 fully saturated rings. The van der Waals surface area contributed by atoms with E-state index in [1.807, 2.05) is 0 Å². The fraction of sp³-hybridized carbons (Fsp3) is 0. The van der Waals surface area contributed by atoms with Gasteiger partial charge in [-0.3, -0.25) is 14.4 Å². The Bertz CT molecular complexity index is 1390. The maximum Gasteiger partial charge on any atom is 0.257 e. The number of carbonyl (C=O) groups is 3. The van der Waals surface area contributed by atoms with Crippen molar-refractivity contribution in [3.8, 4) is 0 Å². The van der Waals surface area contributed by atoms with E-state index in [4.69, 9.17) is 23.2 Å². The molecular formula is C27H19Cl2N3O3. The molecule has 4 aromatic carbocycles. The Labute approximate surface area is 211 Å². The molecular weight excluding hydrogens is 485 g/mol. The number of benzene rings is 4. The standard InChI is InChI=1S/C27H19Cl2N3O3/c28-23-7-3-1-5-21(23)26(34)31-18-11-9-17(10-12-18)25(33)30-19-13-15-20(16-14-19)32-27(35)22-6-2-4-8-24(22)29/h1-16H,(H,30,33)(H,31,34)(H,32,35). The molecule has 4 rings (SSSR count). The van der Waals surface area contributed by atoms with E-state index in [1.165, 1.54) is 0 Å². The summed E-state index contributed by atoms with van der Waals surface area (Å²) in [6, 6.07) is 26.7. The molecule has 0 radical (unpaired) electrons. The number of rotatable bonds is 6. The number of amides is 3. The highest BCUT2D eigenvalue weighted by molar-refractivity contribution is 6.34. The van der Waals surface area contributed by atoms with Crippen LogP contribution in [0.1, 0.15) is 31.1 Å². The molecule has 0 bridgehead atoms. The molecule has 0 unspecified atom stereocenters. The molecule has 0 aliphatic rings. The lowest BCUT2D eigenvalue weighted by Crippen LogP contribution is -2.14. The van der Waals surface area contributed by atoms with Crippen LogP contribution in [0.15, 0.2) is 97.1 Å². The highest BCUT2D eigenvalue weighted by Gasteiger charge is 2.12. The van der Waals surface area contributed by atoms with E-state index >= 15 is 0 Å². The Morgan fingerprint density at radius 3 is 1.20 bits per heavy atom. The number of halogens is 2. The van der Waals surface area contributed by atoms with Crippen LogP contribution < -0.4 is 16.0 Å². The van der Waals surface area contributed by atoms with Crippen molar-refractivity contribution in [2.45, 2.75) is 0 Å². The van der Waals surface area contributed by atoms with Crippen molar-refractivity contribution >= 4 is 58.0 Å². The molecule has 3 N–H and O–H groups in total. The predicted molar refractivity (Wildman–Crippen MR) is 140 cm³/mol. The minimum atomic E-state index is -0.338. The molecule has 35 heavy (non-hydrogen) atoms. The molecule has 0 saturated heterocycles. The van der Waals surface area contributed by atoms with Gasteiger partial charge in [0.1, 0.15) is 0 Å². The second kappa shape index (κ2) is 10.9. The van der Waals surface area contributed by atoms with Crippen molar-refractivity contribution in [2.24, 2.45) is 0 Å². The van der Waals surface area contributed by atoms with Crippen LogP contribution in [-0.4, -0.2) is 17.7 Å². The largest absolute Gasteiger partial charge is 0.322 e. The van der Waals surface area contributed by atoms with Gasteiger partial charge < -0.3 is 16.0 Å². The average molecular weight is 504 g/mol. The lowest BCUT2D eigenvalue weighted by Gasteiger charge is -2.10. The quantitative estimate of drug-likeness (QED) is 0.272. The topological polar surface area (TPSA) is 87.3 Å². The van der Waals surface area contributed by atoms with E-state index in [1.54, 1.807) is 97.1 Å². The van der Waals surface area contributed by atoms with E-state index in [9.17, 15) is 14.4 Å².